The number of nitrogens with zero attached hydrogens (tertiary/aromatic N) is 1. The van der Waals surface area contributed by atoms with Crippen LogP contribution < -0.4 is 5.73 Å². The van der Waals surface area contributed by atoms with Crippen LogP contribution in [0.4, 0.5) is 14.5 Å². The van der Waals surface area contributed by atoms with E-state index in [1.54, 1.807) is 4.90 Å². The molecular weight excluding hydrogens is 226 g/mol. The monoisotopic (exact) mass is 240 g/mol. The number of anilines is 1. The third-order valence-electron chi connectivity index (χ3n) is 2.89. The molecular formula is C12H14F2N2O. The van der Waals surface area contributed by atoms with Gasteiger partial charge in [-0.25, -0.2) is 8.78 Å². The first-order chi connectivity index (χ1) is 8.04. The molecule has 5 heteroatoms. The van der Waals surface area contributed by atoms with E-state index in [-0.39, 0.29) is 17.3 Å². The summed E-state index contributed by atoms with van der Waals surface area (Å²) < 4.78 is 26.8. The smallest absolute Gasteiger partial charge is 0.257 e. The van der Waals surface area contributed by atoms with Crippen LogP contribution in [-0.2, 0) is 0 Å². The molecule has 0 spiro atoms. The normalized spacial score (nSPS) is 14.8. The summed E-state index contributed by atoms with van der Waals surface area (Å²) in [6.07, 6.45) is 1.85. The lowest BCUT2D eigenvalue weighted by Crippen LogP contribution is -2.33. The summed E-state index contributed by atoms with van der Waals surface area (Å²) in [7, 11) is 0. The van der Waals surface area contributed by atoms with Crippen LogP contribution in [0.25, 0.3) is 0 Å². The van der Waals surface area contributed by atoms with Crippen molar-refractivity contribution in [3.8, 4) is 0 Å². The number of amides is 1. The minimum absolute atomic E-state index is 0.163. The quantitative estimate of drug-likeness (QED) is 0.823. The van der Waals surface area contributed by atoms with E-state index in [0.29, 0.717) is 6.54 Å². The molecule has 3 nitrogen and oxygen atoms in total. The maximum atomic E-state index is 13.7. The third kappa shape index (κ3) is 2.23. The van der Waals surface area contributed by atoms with Gasteiger partial charge in [0.15, 0.2) is 5.82 Å². The summed E-state index contributed by atoms with van der Waals surface area (Å²) in [6, 6.07) is 1.94. The zero-order chi connectivity index (χ0) is 12.6. The number of hydrogen-bond acceptors (Lipinski definition) is 2. The predicted molar refractivity (Wildman–Crippen MR) is 60.5 cm³/mol. The van der Waals surface area contributed by atoms with Crippen molar-refractivity contribution in [1.82, 2.24) is 4.90 Å². The second-order valence-corrected chi connectivity index (χ2v) is 4.18. The molecule has 92 valence electrons. The van der Waals surface area contributed by atoms with Crippen molar-refractivity contribution in [2.24, 2.45) is 0 Å². The van der Waals surface area contributed by atoms with Crippen LogP contribution in [0.1, 0.15) is 30.1 Å². The molecule has 1 fully saturated rings. The van der Waals surface area contributed by atoms with Crippen LogP contribution in [0, 0.1) is 11.6 Å². The highest BCUT2D eigenvalue weighted by Gasteiger charge is 2.33. The van der Waals surface area contributed by atoms with Gasteiger partial charge < -0.3 is 10.6 Å². The second-order valence-electron chi connectivity index (χ2n) is 4.18. The number of carbonyl (C=O) groups is 1. The van der Waals surface area contributed by atoms with E-state index in [0.717, 1.165) is 25.0 Å². The highest BCUT2D eigenvalue weighted by Crippen LogP contribution is 2.29. The first-order valence-corrected chi connectivity index (χ1v) is 5.60. The van der Waals surface area contributed by atoms with E-state index < -0.39 is 17.5 Å². The lowest BCUT2D eigenvalue weighted by atomic mass is 10.1. The van der Waals surface area contributed by atoms with Gasteiger partial charge in [-0.3, -0.25) is 4.79 Å². The number of carbonyl (C=O) groups excluding carboxylic acids is 1. The van der Waals surface area contributed by atoms with Gasteiger partial charge in [0.2, 0.25) is 0 Å². The molecule has 17 heavy (non-hydrogen) atoms. The fourth-order valence-electron chi connectivity index (χ4n) is 1.87. The Kier molecular flexibility index (Phi) is 3.00. The van der Waals surface area contributed by atoms with Gasteiger partial charge in [0.25, 0.3) is 5.91 Å². The molecule has 1 aromatic rings. The van der Waals surface area contributed by atoms with Crippen LogP contribution in [0.2, 0.25) is 0 Å². The van der Waals surface area contributed by atoms with Crippen LogP contribution in [0.15, 0.2) is 12.1 Å². The van der Waals surface area contributed by atoms with Crippen molar-refractivity contribution in [2.45, 2.75) is 25.8 Å². The van der Waals surface area contributed by atoms with Crippen LogP contribution in [0.5, 0.6) is 0 Å². The second kappa shape index (κ2) is 4.31. The highest BCUT2D eigenvalue weighted by molar-refractivity contribution is 5.95. The Morgan fingerprint density at radius 1 is 1.47 bits per heavy atom. The minimum atomic E-state index is -0.837. The zero-order valence-electron chi connectivity index (χ0n) is 9.54. The van der Waals surface area contributed by atoms with Crippen LogP contribution in [-0.4, -0.2) is 23.4 Å². The molecule has 1 amide bonds. The minimum Gasteiger partial charge on any atom is -0.396 e. The Morgan fingerprint density at radius 2 is 2.12 bits per heavy atom. The topological polar surface area (TPSA) is 46.3 Å². The van der Waals surface area contributed by atoms with Gasteiger partial charge in [0, 0.05) is 12.6 Å². The lowest BCUT2D eigenvalue weighted by Gasteiger charge is -2.20. The van der Waals surface area contributed by atoms with Gasteiger partial charge >= 0.3 is 0 Å². The molecule has 0 heterocycles. The molecule has 2 N–H and O–H groups in total. The van der Waals surface area contributed by atoms with Gasteiger partial charge in [0.1, 0.15) is 5.82 Å². The number of hydrogen-bond donors (Lipinski definition) is 1. The fourth-order valence-corrected chi connectivity index (χ4v) is 1.87. The molecule has 0 bridgehead atoms. The van der Waals surface area contributed by atoms with Crippen molar-refractivity contribution in [3.63, 3.8) is 0 Å². The largest absolute Gasteiger partial charge is 0.396 e. The number of nitrogens with two attached hydrogens (primary N) is 1. The highest BCUT2D eigenvalue weighted by atomic mass is 19.1. The summed E-state index contributed by atoms with van der Waals surface area (Å²) >= 11 is 0. The Hall–Kier alpha value is -1.65. The van der Waals surface area contributed by atoms with Crippen molar-refractivity contribution >= 4 is 11.6 Å². The van der Waals surface area contributed by atoms with E-state index in [2.05, 4.69) is 0 Å². The number of benzene rings is 1. The molecule has 0 saturated heterocycles. The summed E-state index contributed by atoms with van der Waals surface area (Å²) in [5.41, 5.74) is 4.69. The first-order valence-electron chi connectivity index (χ1n) is 5.60. The van der Waals surface area contributed by atoms with Gasteiger partial charge in [-0.05, 0) is 31.9 Å². The maximum Gasteiger partial charge on any atom is 0.257 e. The summed E-state index contributed by atoms with van der Waals surface area (Å²) in [5.74, 6) is -2.02. The van der Waals surface area contributed by atoms with E-state index in [1.807, 2.05) is 6.92 Å². The third-order valence-corrected chi connectivity index (χ3v) is 2.89. The van der Waals surface area contributed by atoms with Gasteiger partial charge in [-0.2, -0.15) is 0 Å². The Balaban J connectivity index is 2.35. The maximum absolute atomic E-state index is 13.7. The SMILES string of the molecule is CCN(C(=O)c1cc(F)cc(N)c1F)C1CC1. The first kappa shape index (κ1) is 11.8. The molecule has 2 rings (SSSR count). The molecule has 0 radical (unpaired) electrons. The molecule has 1 aliphatic carbocycles. The lowest BCUT2D eigenvalue weighted by molar-refractivity contribution is 0.0747. The van der Waals surface area contributed by atoms with Crippen molar-refractivity contribution < 1.29 is 13.6 Å². The Bertz CT molecular complexity index is 458. The zero-order valence-corrected chi connectivity index (χ0v) is 9.54. The Labute approximate surface area is 98.2 Å². The van der Waals surface area contributed by atoms with E-state index in [1.165, 1.54) is 0 Å². The molecule has 1 saturated carbocycles. The van der Waals surface area contributed by atoms with Gasteiger partial charge in [-0.1, -0.05) is 0 Å². The molecule has 1 aliphatic rings. The standard InChI is InChI=1S/C12H14F2N2O/c1-2-16(8-3-4-8)12(17)9-5-7(13)6-10(15)11(9)14/h5-6,8H,2-4,15H2,1H3. The molecule has 0 aromatic heterocycles. The molecule has 0 unspecified atom stereocenters. The average molecular weight is 240 g/mol. The van der Waals surface area contributed by atoms with Crippen molar-refractivity contribution in [3.05, 3.63) is 29.3 Å². The summed E-state index contributed by atoms with van der Waals surface area (Å²) in [6.45, 7) is 2.30. The molecule has 0 atom stereocenters. The number of rotatable bonds is 3. The summed E-state index contributed by atoms with van der Waals surface area (Å²) in [4.78, 5) is 13.6. The van der Waals surface area contributed by atoms with Crippen molar-refractivity contribution in [1.29, 1.82) is 0 Å². The predicted octanol–water partition coefficient (Wildman–Crippen LogP) is 2.17. The van der Waals surface area contributed by atoms with Gasteiger partial charge in [-0.15, -0.1) is 0 Å². The van der Waals surface area contributed by atoms with Gasteiger partial charge in [0.05, 0.1) is 11.3 Å². The molecule has 1 aromatic carbocycles. The molecule has 0 aliphatic heterocycles. The van der Waals surface area contributed by atoms with E-state index in [4.69, 9.17) is 5.73 Å². The Morgan fingerprint density at radius 3 is 2.65 bits per heavy atom. The number of nitrogen functional groups attached to an aromatic ring is 1. The van der Waals surface area contributed by atoms with Crippen LogP contribution in [0.3, 0.4) is 0 Å². The van der Waals surface area contributed by atoms with E-state index in [9.17, 15) is 13.6 Å². The number of halogens is 2. The fraction of sp³-hybridized carbons (Fsp3) is 0.417. The average Bonchev–Trinajstić information content (AvgIpc) is 3.08. The van der Waals surface area contributed by atoms with Crippen LogP contribution >= 0.6 is 0 Å². The summed E-state index contributed by atoms with van der Waals surface area (Å²) in [5, 5.41) is 0. The van der Waals surface area contributed by atoms with E-state index >= 15 is 0 Å². The van der Waals surface area contributed by atoms with Crippen molar-refractivity contribution in [2.75, 3.05) is 12.3 Å².